The number of nitrogens with zero attached hydrogens (tertiary/aromatic N) is 1. The van der Waals surface area contributed by atoms with Gasteiger partial charge >= 0.3 is 0 Å². The molecule has 0 spiro atoms. The quantitative estimate of drug-likeness (QED) is 0.554. The molecule has 1 aliphatic rings. The molecule has 1 aliphatic carbocycles. The minimum Gasteiger partial charge on any atom is -0.483 e. The molecule has 0 fully saturated rings. The van der Waals surface area contributed by atoms with Crippen molar-refractivity contribution in [3.63, 3.8) is 0 Å². The predicted octanol–water partition coefficient (Wildman–Crippen LogP) is 4.89. The fraction of sp³-hybridized carbons (Fsp3) is 0.333. The number of allylic oxidation sites excluding steroid dienone is 3. The smallest absolute Gasteiger partial charge is 0.277 e. The van der Waals surface area contributed by atoms with Gasteiger partial charge < -0.3 is 4.74 Å². The van der Waals surface area contributed by atoms with Gasteiger partial charge in [0, 0.05) is 5.02 Å². The Labute approximate surface area is 155 Å². The van der Waals surface area contributed by atoms with Crippen LogP contribution in [0.25, 0.3) is 0 Å². The first-order valence-corrected chi connectivity index (χ1v) is 8.79. The summed E-state index contributed by atoms with van der Waals surface area (Å²) in [6, 6.07) is 5.12. The normalized spacial score (nSPS) is 18.9. The fourth-order valence-corrected chi connectivity index (χ4v) is 3.12. The van der Waals surface area contributed by atoms with Crippen LogP contribution in [-0.4, -0.2) is 18.2 Å². The summed E-state index contributed by atoms with van der Waals surface area (Å²) in [6.07, 6.45) is 3.90. The SMILES string of the molecule is C=C(C)C1CC=C(C)C(=NNC(=O)COc2ccc(Cl)cc2Br)C1. The Kier molecular flexibility index (Phi) is 6.63. The molecule has 1 amide bonds. The number of hydrazone groups is 1. The van der Waals surface area contributed by atoms with Gasteiger partial charge in [-0.25, -0.2) is 5.43 Å². The number of ether oxygens (including phenoxy) is 1. The number of halogens is 2. The second kappa shape index (κ2) is 8.49. The van der Waals surface area contributed by atoms with Crippen LogP contribution in [0.5, 0.6) is 5.75 Å². The standard InChI is InChI=1S/C18H20BrClN2O2/c1-11(2)13-5-4-12(3)16(8-13)21-22-18(23)10-24-17-7-6-14(20)9-15(17)19/h4,6-7,9,13H,1,5,8,10H2,2-3H3,(H,22,23). The molecule has 1 N–H and O–H groups in total. The molecule has 0 radical (unpaired) electrons. The van der Waals surface area contributed by atoms with Crippen LogP contribution in [0.15, 0.2) is 51.6 Å². The Morgan fingerprint density at radius 2 is 2.29 bits per heavy atom. The molecule has 0 saturated heterocycles. The molecular weight excluding hydrogens is 392 g/mol. The molecule has 128 valence electrons. The van der Waals surface area contributed by atoms with E-state index in [0.717, 1.165) is 29.7 Å². The van der Waals surface area contributed by atoms with Crippen LogP contribution < -0.4 is 10.2 Å². The molecule has 0 bridgehead atoms. The van der Waals surface area contributed by atoms with E-state index in [1.165, 1.54) is 0 Å². The van der Waals surface area contributed by atoms with Crippen molar-refractivity contribution in [3.05, 3.63) is 51.5 Å². The first-order valence-electron chi connectivity index (χ1n) is 7.62. The van der Waals surface area contributed by atoms with Gasteiger partial charge in [-0.15, -0.1) is 0 Å². The number of hydrogen-bond acceptors (Lipinski definition) is 3. The first-order chi connectivity index (χ1) is 11.4. The lowest BCUT2D eigenvalue weighted by atomic mass is 9.85. The zero-order chi connectivity index (χ0) is 17.7. The number of carbonyl (C=O) groups is 1. The summed E-state index contributed by atoms with van der Waals surface area (Å²) >= 11 is 9.21. The van der Waals surface area contributed by atoms with Crippen LogP contribution in [0.1, 0.15) is 26.7 Å². The van der Waals surface area contributed by atoms with Gasteiger partial charge in [-0.05, 0) is 72.3 Å². The number of nitrogens with one attached hydrogen (secondary N) is 1. The van der Waals surface area contributed by atoms with E-state index >= 15 is 0 Å². The molecule has 0 aromatic heterocycles. The third-order valence-electron chi connectivity index (χ3n) is 3.87. The molecule has 4 nitrogen and oxygen atoms in total. The molecular formula is C18H20BrClN2O2. The van der Waals surface area contributed by atoms with Gasteiger partial charge in [-0.2, -0.15) is 5.10 Å². The van der Waals surface area contributed by atoms with Crippen molar-refractivity contribution in [1.82, 2.24) is 5.43 Å². The predicted molar refractivity (Wildman–Crippen MR) is 102 cm³/mol. The third kappa shape index (κ3) is 5.21. The van der Waals surface area contributed by atoms with Crippen molar-refractivity contribution in [1.29, 1.82) is 0 Å². The highest BCUT2D eigenvalue weighted by molar-refractivity contribution is 9.10. The van der Waals surface area contributed by atoms with E-state index in [9.17, 15) is 4.79 Å². The van der Waals surface area contributed by atoms with Crippen LogP contribution in [-0.2, 0) is 4.79 Å². The van der Waals surface area contributed by atoms with Gasteiger partial charge in [0.15, 0.2) is 6.61 Å². The maximum atomic E-state index is 11.9. The van der Waals surface area contributed by atoms with Crippen molar-refractivity contribution in [2.75, 3.05) is 6.61 Å². The van der Waals surface area contributed by atoms with Crippen LogP contribution in [0, 0.1) is 5.92 Å². The summed E-state index contributed by atoms with van der Waals surface area (Å²) < 4.78 is 6.16. The maximum Gasteiger partial charge on any atom is 0.277 e. The zero-order valence-electron chi connectivity index (χ0n) is 13.7. The fourth-order valence-electron chi connectivity index (χ4n) is 2.32. The average molecular weight is 412 g/mol. The topological polar surface area (TPSA) is 50.7 Å². The average Bonchev–Trinajstić information content (AvgIpc) is 2.53. The van der Waals surface area contributed by atoms with E-state index in [1.54, 1.807) is 18.2 Å². The van der Waals surface area contributed by atoms with E-state index in [4.69, 9.17) is 16.3 Å². The van der Waals surface area contributed by atoms with Crippen LogP contribution in [0.3, 0.4) is 0 Å². The number of amides is 1. The molecule has 0 saturated carbocycles. The van der Waals surface area contributed by atoms with Crippen molar-refractivity contribution >= 4 is 39.1 Å². The number of hydrogen-bond donors (Lipinski definition) is 1. The van der Waals surface area contributed by atoms with E-state index in [1.807, 2.05) is 13.8 Å². The maximum absolute atomic E-state index is 11.9. The largest absolute Gasteiger partial charge is 0.483 e. The van der Waals surface area contributed by atoms with Crippen molar-refractivity contribution in [2.24, 2.45) is 11.0 Å². The van der Waals surface area contributed by atoms with E-state index < -0.39 is 0 Å². The summed E-state index contributed by atoms with van der Waals surface area (Å²) in [5.74, 6) is 0.624. The van der Waals surface area contributed by atoms with Gasteiger partial charge in [-0.1, -0.05) is 29.8 Å². The van der Waals surface area contributed by atoms with E-state index in [0.29, 0.717) is 21.2 Å². The van der Waals surface area contributed by atoms with Gasteiger partial charge in [-0.3, -0.25) is 4.79 Å². The summed E-state index contributed by atoms with van der Waals surface area (Å²) in [4.78, 5) is 11.9. The number of benzene rings is 1. The van der Waals surface area contributed by atoms with Crippen molar-refractivity contribution < 1.29 is 9.53 Å². The third-order valence-corrected chi connectivity index (χ3v) is 4.72. The molecule has 0 heterocycles. The van der Waals surface area contributed by atoms with Crippen molar-refractivity contribution in [3.8, 4) is 5.75 Å². The van der Waals surface area contributed by atoms with E-state index in [2.05, 4.69) is 39.1 Å². The summed E-state index contributed by atoms with van der Waals surface area (Å²) in [5.41, 5.74) is 5.66. The Hall–Kier alpha value is -1.59. The lowest BCUT2D eigenvalue weighted by Crippen LogP contribution is -2.27. The van der Waals surface area contributed by atoms with Crippen LogP contribution in [0.4, 0.5) is 0 Å². The van der Waals surface area contributed by atoms with Gasteiger partial charge in [0.25, 0.3) is 5.91 Å². The summed E-state index contributed by atoms with van der Waals surface area (Å²) in [7, 11) is 0. The highest BCUT2D eigenvalue weighted by Gasteiger charge is 2.18. The second-order valence-electron chi connectivity index (χ2n) is 5.83. The lowest BCUT2D eigenvalue weighted by Gasteiger charge is -2.22. The van der Waals surface area contributed by atoms with Gasteiger partial charge in [0.1, 0.15) is 5.75 Å². The monoisotopic (exact) mass is 410 g/mol. The highest BCUT2D eigenvalue weighted by atomic mass is 79.9. The molecule has 1 aromatic carbocycles. The Morgan fingerprint density at radius 3 is 2.96 bits per heavy atom. The molecule has 24 heavy (non-hydrogen) atoms. The van der Waals surface area contributed by atoms with Crippen LogP contribution in [0.2, 0.25) is 5.02 Å². The molecule has 6 heteroatoms. The molecule has 1 unspecified atom stereocenters. The Bertz CT molecular complexity index is 713. The van der Waals surface area contributed by atoms with Gasteiger partial charge in [0.05, 0.1) is 10.2 Å². The number of carbonyl (C=O) groups excluding carboxylic acids is 1. The number of rotatable bonds is 5. The summed E-state index contributed by atoms with van der Waals surface area (Å²) in [5, 5.41) is 4.83. The molecule has 0 aliphatic heterocycles. The molecule has 1 aromatic rings. The lowest BCUT2D eigenvalue weighted by molar-refractivity contribution is -0.123. The second-order valence-corrected chi connectivity index (χ2v) is 7.12. The van der Waals surface area contributed by atoms with Crippen LogP contribution >= 0.6 is 27.5 Å². The zero-order valence-corrected chi connectivity index (χ0v) is 16.1. The van der Waals surface area contributed by atoms with Gasteiger partial charge in [0.2, 0.25) is 0 Å². The molecule has 2 rings (SSSR count). The minimum absolute atomic E-state index is 0.121. The molecule has 1 atom stereocenters. The summed E-state index contributed by atoms with van der Waals surface area (Å²) in [6.45, 7) is 7.91. The van der Waals surface area contributed by atoms with E-state index in [-0.39, 0.29) is 12.5 Å². The highest BCUT2D eigenvalue weighted by Crippen LogP contribution is 2.28. The van der Waals surface area contributed by atoms with Crippen molar-refractivity contribution in [2.45, 2.75) is 26.7 Å². The Morgan fingerprint density at radius 1 is 1.54 bits per heavy atom. The Balaban J connectivity index is 1.91. The first kappa shape index (κ1) is 18.7. The minimum atomic E-state index is -0.311.